The number of fused-ring (bicyclic) bond motifs is 1. The zero-order chi connectivity index (χ0) is 11.9. The lowest BCUT2D eigenvalue weighted by atomic mass is 9.95. The van der Waals surface area contributed by atoms with Crippen LogP contribution in [-0.2, 0) is 14.3 Å². The van der Waals surface area contributed by atoms with Crippen LogP contribution in [-0.4, -0.2) is 35.0 Å². The van der Waals surface area contributed by atoms with Crippen molar-refractivity contribution in [2.24, 2.45) is 4.99 Å². The minimum atomic E-state index is -0.617. The number of hydrogen-bond donors (Lipinski definition) is 1. The molecule has 84 valence electrons. The van der Waals surface area contributed by atoms with Gasteiger partial charge >= 0.3 is 0 Å². The molecule has 5 heteroatoms. The Balaban J connectivity index is 2.55. The molecule has 1 aliphatic heterocycles. The Morgan fingerprint density at radius 2 is 2.31 bits per heavy atom. The standard InChI is InChI=1S/C11H11NO4/c1-5-4-12-10-8(16-5)3-7(14)11(15)9(10)6(2)13/h3,5,15H,4H2,1-2H3. The number of aliphatic hydroxyl groups is 1. The molecule has 2 rings (SSSR count). The third kappa shape index (κ3) is 1.54. The number of carbonyl (C=O) groups is 2. The van der Waals surface area contributed by atoms with Gasteiger partial charge in [-0.3, -0.25) is 14.6 Å². The molecule has 2 aliphatic rings. The van der Waals surface area contributed by atoms with Gasteiger partial charge in [0.15, 0.2) is 11.5 Å². The van der Waals surface area contributed by atoms with Gasteiger partial charge in [-0.2, -0.15) is 0 Å². The highest BCUT2D eigenvalue weighted by Crippen LogP contribution is 2.24. The molecule has 1 unspecified atom stereocenters. The largest absolute Gasteiger partial charge is 0.504 e. The van der Waals surface area contributed by atoms with Crippen molar-refractivity contribution in [1.29, 1.82) is 0 Å². The zero-order valence-corrected chi connectivity index (χ0v) is 8.98. The summed E-state index contributed by atoms with van der Waals surface area (Å²) < 4.78 is 5.40. The van der Waals surface area contributed by atoms with Crippen LogP contribution >= 0.6 is 0 Å². The Morgan fingerprint density at radius 3 is 2.94 bits per heavy atom. The SMILES string of the molecule is CC(=O)C1=C(O)C(=O)C=C2OC(C)CN=C21. The summed E-state index contributed by atoms with van der Waals surface area (Å²) in [5.74, 6) is -1.29. The number of nitrogens with zero attached hydrogens (tertiary/aromatic N) is 1. The molecular formula is C11H11NO4. The Hall–Kier alpha value is -1.91. The normalized spacial score (nSPS) is 24.4. The fraction of sp³-hybridized carbons (Fsp3) is 0.364. The highest BCUT2D eigenvalue weighted by molar-refractivity contribution is 6.34. The van der Waals surface area contributed by atoms with Crippen molar-refractivity contribution >= 4 is 17.3 Å². The summed E-state index contributed by atoms with van der Waals surface area (Å²) in [4.78, 5) is 26.9. The topological polar surface area (TPSA) is 76.0 Å². The van der Waals surface area contributed by atoms with Gasteiger partial charge in [-0.05, 0) is 13.8 Å². The lowest BCUT2D eigenvalue weighted by molar-refractivity contribution is -0.116. The number of hydrogen-bond acceptors (Lipinski definition) is 5. The second kappa shape index (κ2) is 3.59. The predicted molar refractivity (Wildman–Crippen MR) is 56.3 cm³/mol. The van der Waals surface area contributed by atoms with E-state index in [1.807, 2.05) is 6.92 Å². The zero-order valence-electron chi connectivity index (χ0n) is 8.98. The smallest absolute Gasteiger partial charge is 0.224 e. The molecule has 0 bridgehead atoms. The highest BCUT2D eigenvalue weighted by Gasteiger charge is 2.33. The molecule has 0 saturated heterocycles. The highest BCUT2D eigenvalue weighted by atomic mass is 16.5. The van der Waals surface area contributed by atoms with Crippen LogP contribution in [0.25, 0.3) is 0 Å². The molecule has 0 spiro atoms. The minimum absolute atomic E-state index is 0.0469. The van der Waals surface area contributed by atoms with Crippen LogP contribution in [0.3, 0.4) is 0 Å². The number of ketones is 2. The van der Waals surface area contributed by atoms with Crippen molar-refractivity contribution in [3.63, 3.8) is 0 Å². The molecule has 1 N–H and O–H groups in total. The van der Waals surface area contributed by atoms with E-state index in [1.54, 1.807) is 0 Å². The number of carbonyl (C=O) groups excluding carboxylic acids is 2. The summed E-state index contributed by atoms with van der Waals surface area (Å²) in [6.07, 6.45) is 1.03. The quantitative estimate of drug-likeness (QED) is 0.662. The molecule has 0 amide bonds. The van der Waals surface area contributed by atoms with E-state index in [4.69, 9.17) is 4.74 Å². The average Bonchev–Trinajstić information content (AvgIpc) is 2.19. The summed E-state index contributed by atoms with van der Waals surface area (Å²) in [6.45, 7) is 3.50. The number of allylic oxidation sites excluding steroid dienone is 2. The first-order valence-electron chi connectivity index (χ1n) is 4.92. The van der Waals surface area contributed by atoms with Gasteiger partial charge in [-0.15, -0.1) is 0 Å². The van der Waals surface area contributed by atoms with Crippen molar-refractivity contribution in [2.45, 2.75) is 20.0 Å². The predicted octanol–water partition coefficient (Wildman–Crippen LogP) is 0.714. The molecular weight excluding hydrogens is 210 g/mol. The lowest BCUT2D eigenvalue weighted by Gasteiger charge is -2.25. The van der Waals surface area contributed by atoms with Crippen molar-refractivity contribution in [3.05, 3.63) is 23.2 Å². The van der Waals surface area contributed by atoms with Gasteiger partial charge in [-0.1, -0.05) is 0 Å². The number of rotatable bonds is 1. The summed E-state index contributed by atoms with van der Waals surface area (Å²) in [6, 6.07) is 0. The number of Topliss-reactive ketones (excluding diaryl/α,β-unsaturated/α-hetero) is 1. The molecule has 0 aromatic carbocycles. The van der Waals surface area contributed by atoms with Crippen molar-refractivity contribution in [3.8, 4) is 0 Å². The maximum absolute atomic E-state index is 11.4. The van der Waals surface area contributed by atoms with E-state index < -0.39 is 17.3 Å². The number of ether oxygens (including phenoxy) is 1. The third-order valence-corrected chi connectivity index (χ3v) is 2.39. The Labute approximate surface area is 92.1 Å². The molecule has 0 fully saturated rings. The van der Waals surface area contributed by atoms with Gasteiger partial charge in [0.2, 0.25) is 5.78 Å². The minimum Gasteiger partial charge on any atom is -0.504 e. The third-order valence-electron chi connectivity index (χ3n) is 2.39. The van der Waals surface area contributed by atoms with E-state index in [1.165, 1.54) is 6.92 Å². The van der Waals surface area contributed by atoms with Crippen LogP contribution in [0, 0.1) is 0 Å². The fourth-order valence-corrected chi connectivity index (χ4v) is 1.67. The molecule has 0 aromatic heterocycles. The Bertz CT molecular complexity index is 470. The summed E-state index contributed by atoms with van der Waals surface area (Å²) in [5, 5.41) is 9.54. The van der Waals surface area contributed by atoms with Gasteiger partial charge in [-0.25, -0.2) is 0 Å². The second-order valence-electron chi connectivity index (χ2n) is 3.77. The summed E-state index contributed by atoms with van der Waals surface area (Å²) >= 11 is 0. The monoisotopic (exact) mass is 221 g/mol. The summed E-state index contributed by atoms with van der Waals surface area (Å²) in [5.41, 5.74) is 0.233. The first-order chi connectivity index (χ1) is 7.50. The van der Waals surface area contributed by atoms with Gasteiger partial charge in [0.05, 0.1) is 12.1 Å². The molecule has 1 aliphatic carbocycles. The molecule has 1 heterocycles. The Morgan fingerprint density at radius 1 is 1.62 bits per heavy atom. The van der Waals surface area contributed by atoms with Crippen LogP contribution in [0.2, 0.25) is 0 Å². The maximum atomic E-state index is 11.4. The lowest BCUT2D eigenvalue weighted by Crippen LogP contribution is -2.31. The second-order valence-corrected chi connectivity index (χ2v) is 3.77. The van der Waals surface area contributed by atoms with E-state index in [0.29, 0.717) is 6.54 Å². The van der Waals surface area contributed by atoms with Gasteiger partial charge < -0.3 is 9.84 Å². The van der Waals surface area contributed by atoms with Crippen LogP contribution in [0.15, 0.2) is 28.2 Å². The maximum Gasteiger partial charge on any atom is 0.224 e. The summed E-state index contributed by atoms with van der Waals surface area (Å²) in [7, 11) is 0. The molecule has 0 saturated carbocycles. The van der Waals surface area contributed by atoms with E-state index >= 15 is 0 Å². The van der Waals surface area contributed by atoms with Gasteiger partial charge in [0.25, 0.3) is 0 Å². The molecule has 5 nitrogen and oxygen atoms in total. The Kier molecular flexibility index (Phi) is 2.38. The van der Waals surface area contributed by atoms with E-state index in [9.17, 15) is 14.7 Å². The first kappa shape index (κ1) is 10.6. The molecule has 0 radical (unpaired) electrons. The van der Waals surface area contributed by atoms with E-state index in [2.05, 4.69) is 4.99 Å². The molecule has 0 aromatic rings. The van der Waals surface area contributed by atoms with Crippen molar-refractivity contribution in [1.82, 2.24) is 0 Å². The van der Waals surface area contributed by atoms with Crippen molar-refractivity contribution < 1.29 is 19.4 Å². The van der Waals surface area contributed by atoms with Crippen LogP contribution in [0.1, 0.15) is 13.8 Å². The van der Waals surface area contributed by atoms with E-state index in [0.717, 1.165) is 6.08 Å². The van der Waals surface area contributed by atoms with Gasteiger partial charge in [0, 0.05) is 6.08 Å². The number of aliphatic hydroxyl groups excluding tert-OH is 1. The number of aliphatic imine (C=N–C) groups is 1. The first-order valence-corrected chi connectivity index (χ1v) is 4.92. The fourth-order valence-electron chi connectivity index (χ4n) is 1.67. The van der Waals surface area contributed by atoms with Crippen molar-refractivity contribution in [2.75, 3.05) is 6.54 Å². The van der Waals surface area contributed by atoms with Gasteiger partial charge in [0.1, 0.15) is 17.6 Å². The van der Waals surface area contributed by atoms with Crippen LogP contribution in [0.5, 0.6) is 0 Å². The van der Waals surface area contributed by atoms with E-state index in [-0.39, 0.29) is 23.1 Å². The van der Waals surface area contributed by atoms with Crippen LogP contribution in [0.4, 0.5) is 0 Å². The van der Waals surface area contributed by atoms with Crippen LogP contribution < -0.4 is 0 Å². The molecule has 16 heavy (non-hydrogen) atoms. The molecule has 1 atom stereocenters. The average molecular weight is 221 g/mol.